The lowest BCUT2D eigenvalue weighted by Gasteiger charge is -2.28. The lowest BCUT2D eigenvalue weighted by atomic mass is 10.1. The maximum atomic E-state index is 12.9. The van der Waals surface area contributed by atoms with E-state index in [1.165, 1.54) is 23.7 Å². The molecule has 1 atom stereocenters. The summed E-state index contributed by atoms with van der Waals surface area (Å²) in [5, 5.41) is 4.63. The highest BCUT2D eigenvalue weighted by atomic mass is 35.5. The van der Waals surface area contributed by atoms with Gasteiger partial charge in [0, 0.05) is 39.4 Å². The largest absolute Gasteiger partial charge is 0.357 e. The Morgan fingerprint density at radius 3 is 2.31 bits per heavy atom. The molecule has 2 amide bonds. The molecule has 0 heterocycles. The van der Waals surface area contributed by atoms with Gasteiger partial charge in [-0.15, -0.1) is 11.8 Å². The summed E-state index contributed by atoms with van der Waals surface area (Å²) in [6, 6.07) is 9.68. The van der Waals surface area contributed by atoms with Crippen LogP contribution >= 0.6 is 58.2 Å². The number of nitrogens with one attached hydrogen (secondary N) is 1. The Labute approximate surface area is 194 Å². The summed E-state index contributed by atoms with van der Waals surface area (Å²) in [4.78, 5) is 26.6. The predicted molar refractivity (Wildman–Crippen MR) is 123 cm³/mol. The molecule has 1 N–H and O–H groups in total. The number of halogens is 4. The molecule has 4 nitrogen and oxygen atoms in total. The first-order valence-electron chi connectivity index (χ1n) is 8.70. The number of carbonyl (C=O) groups is 2. The van der Waals surface area contributed by atoms with Crippen molar-refractivity contribution in [2.75, 3.05) is 12.8 Å². The van der Waals surface area contributed by atoms with Gasteiger partial charge in [0.05, 0.1) is 5.75 Å². The van der Waals surface area contributed by atoms with Gasteiger partial charge in [-0.3, -0.25) is 9.59 Å². The van der Waals surface area contributed by atoms with Gasteiger partial charge in [0.15, 0.2) is 0 Å². The zero-order valence-corrected chi connectivity index (χ0v) is 19.7. The molecule has 2 rings (SSSR count). The van der Waals surface area contributed by atoms with E-state index in [4.69, 9.17) is 46.4 Å². The summed E-state index contributed by atoms with van der Waals surface area (Å²) in [6.45, 7) is 1.87. The first-order chi connectivity index (χ1) is 13.7. The predicted octanol–water partition coefficient (Wildman–Crippen LogP) is 5.70. The second-order valence-corrected chi connectivity index (χ2v) is 8.88. The lowest BCUT2D eigenvalue weighted by molar-refractivity contribution is -0.138. The van der Waals surface area contributed by atoms with E-state index in [0.29, 0.717) is 31.4 Å². The second-order valence-electron chi connectivity index (χ2n) is 6.24. The summed E-state index contributed by atoms with van der Waals surface area (Å²) >= 11 is 26.0. The molecule has 0 fully saturated rings. The first kappa shape index (κ1) is 24.2. The Bertz CT molecular complexity index is 875. The van der Waals surface area contributed by atoms with Crippen molar-refractivity contribution < 1.29 is 9.59 Å². The zero-order chi connectivity index (χ0) is 21.6. The van der Waals surface area contributed by atoms with E-state index in [9.17, 15) is 9.59 Å². The van der Waals surface area contributed by atoms with Crippen LogP contribution in [-0.2, 0) is 21.9 Å². The number of nitrogens with zero attached hydrogens (tertiary/aromatic N) is 1. The van der Waals surface area contributed by atoms with Gasteiger partial charge in [-0.2, -0.15) is 0 Å². The highest BCUT2D eigenvalue weighted by molar-refractivity contribution is 7.99. The van der Waals surface area contributed by atoms with Crippen LogP contribution in [0.1, 0.15) is 18.1 Å². The summed E-state index contributed by atoms with van der Waals surface area (Å²) < 4.78 is 0. The van der Waals surface area contributed by atoms with Crippen LogP contribution in [0, 0.1) is 0 Å². The monoisotopic (exact) mass is 492 g/mol. The fourth-order valence-corrected chi connectivity index (χ4v) is 4.73. The van der Waals surface area contributed by atoms with Crippen molar-refractivity contribution in [1.29, 1.82) is 0 Å². The maximum absolute atomic E-state index is 12.9. The van der Waals surface area contributed by atoms with E-state index < -0.39 is 6.04 Å². The number of amides is 2. The number of thioether (sulfide) groups is 1. The van der Waals surface area contributed by atoms with Crippen LogP contribution in [0.4, 0.5) is 0 Å². The average molecular weight is 494 g/mol. The Hall–Kier alpha value is -1.11. The number of carbonyl (C=O) groups excluding carboxylic acids is 2. The maximum Gasteiger partial charge on any atom is 0.242 e. The fourth-order valence-electron chi connectivity index (χ4n) is 2.62. The molecule has 0 spiro atoms. The molecule has 29 heavy (non-hydrogen) atoms. The molecule has 0 radical (unpaired) electrons. The van der Waals surface area contributed by atoms with E-state index in [-0.39, 0.29) is 24.1 Å². The molecule has 0 bridgehead atoms. The van der Waals surface area contributed by atoms with Gasteiger partial charge in [-0.1, -0.05) is 58.5 Å². The van der Waals surface area contributed by atoms with Crippen LogP contribution in [0.15, 0.2) is 36.4 Å². The number of hydrogen-bond acceptors (Lipinski definition) is 3. The van der Waals surface area contributed by atoms with Gasteiger partial charge in [-0.05, 0) is 42.3 Å². The molecule has 9 heteroatoms. The molecule has 0 aromatic heterocycles. The van der Waals surface area contributed by atoms with Gasteiger partial charge >= 0.3 is 0 Å². The second kappa shape index (κ2) is 11.3. The van der Waals surface area contributed by atoms with E-state index in [2.05, 4.69) is 5.32 Å². The topological polar surface area (TPSA) is 49.4 Å². The van der Waals surface area contributed by atoms with Crippen molar-refractivity contribution in [3.05, 3.63) is 67.6 Å². The molecule has 0 saturated carbocycles. The number of likely N-dealkylation sites (N-methyl/N-ethyl adjacent to an activating group) is 1. The van der Waals surface area contributed by atoms with Crippen LogP contribution < -0.4 is 5.32 Å². The van der Waals surface area contributed by atoms with Crippen LogP contribution in [0.25, 0.3) is 0 Å². The van der Waals surface area contributed by atoms with Crippen LogP contribution in [0.2, 0.25) is 20.1 Å². The molecule has 0 unspecified atom stereocenters. The van der Waals surface area contributed by atoms with Gasteiger partial charge in [0.25, 0.3) is 0 Å². The van der Waals surface area contributed by atoms with Gasteiger partial charge < -0.3 is 10.2 Å². The standard InChI is InChI=1S/C20H20Cl4N2O2S/c1-12(20(28)25-2)26(9-13-6-7-14(21)8-18(13)24)19(27)11-29-10-15-16(22)4-3-5-17(15)23/h3-8,12H,9-11H2,1-2H3,(H,25,28)/t12-/m1/s1. The summed E-state index contributed by atoms with van der Waals surface area (Å²) in [6.07, 6.45) is 0. The molecule has 156 valence electrons. The highest BCUT2D eigenvalue weighted by Crippen LogP contribution is 2.29. The minimum absolute atomic E-state index is 0.161. The minimum Gasteiger partial charge on any atom is -0.357 e. The smallest absolute Gasteiger partial charge is 0.242 e. The van der Waals surface area contributed by atoms with E-state index in [1.54, 1.807) is 43.3 Å². The molecule has 0 aliphatic carbocycles. The van der Waals surface area contributed by atoms with Gasteiger partial charge in [0.2, 0.25) is 11.8 Å². The summed E-state index contributed by atoms with van der Waals surface area (Å²) in [5.74, 6) is 0.185. The van der Waals surface area contributed by atoms with Gasteiger partial charge in [0.1, 0.15) is 6.04 Å². The number of hydrogen-bond donors (Lipinski definition) is 1. The zero-order valence-electron chi connectivity index (χ0n) is 15.8. The van der Waals surface area contributed by atoms with Crippen molar-refractivity contribution in [3.8, 4) is 0 Å². The Morgan fingerprint density at radius 1 is 1.07 bits per heavy atom. The molecule has 0 aliphatic rings. The van der Waals surface area contributed by atoms with Crippen molar-refractivity contribution >= 4 is 70.0 Å². The molecule has 2 aromatic rings. The van der Waals surface area contributed by atoms with Gasteiger partial charge in [-0.25, -0.2) is 0 Å². The van der Waals surface area contributed by atoms with Crippen molar-refractivity contribution in [1.82, 2.24) is 10.2 Å². The first-order valence-corrected chi connectivity index (χ1v) is 11.4. The third-order valence-corrected chi connectivity index (χ3v) is 6.54. The van der Waals surface area contributed by atoms with Crippen LogP contribution in [0.5, 0.6) is 0 Å². The highest BCUT2D eigenvalue weighted by Gasteiger charge is 2.26. The van der Waals surface area contributed by atoms with E-state index >= 15 is 0 Å². The van der Waals surface area contributed by atoms with Crippen molar-refractivity contribution in [2.24, 2.45) is 0 Å². The summed E-state index contributed by atoms with van der Waals surface area (Å²) in [5.41, 5.74) is 1.49. The fraction of sp³-hybridized carbons (Fsp3) is 0.300. The molecular formula is C20H20Cl4N2O2S. The van der Waals surface area contributed by atoms with Crippen LogP contribution in [-0.4, -0.2) is 35.6 Å². The third kappa shape index (κ3) is 6.69. The Kier molecular flexibility index (Phi) is 9.44. The molecular weight excluding hydrogens is 474 g/mol. The summed E-state index contributed by atoms with van der Waals surface area (Å²) in [7, 11) is 1.53. The van der Waals surface area contributed by atoms with Crippen LogP contribution in [0.3, 0.4) is 0 Å². The quantitative estimate of drug-likeness (QED) is 0.513. The normalized spacial score (nSPS) is 11.8. The number of benzene rings is 2. The molecule has 2 aromatic carbocycles. The number of rotatable bonds is 8. The third-order valence-electron chi connectivity index (χ3n) is 4.30. The van der Waals surface area contributed by atoms with E-state index in [1.807, 2.05) is 0 Å². The SMILES string of the molecule is CNC(=O)[C@@H](C)N(Cc1ccc(Cl)cc1Cl)C(=O)CSCc1c(Cl)cccc1Cl. The molecule has 0 saturated heterocycles. The molecule has 0 aliphatic heterocycles. The van der Waals surface area contributed by atoms with E-state index in [0.717, 1.165) is 5.56 Å². The Morgan fingerprint density at radius 2 is 1.72 bits per heavy atom. The Balaban J connectivity index is 2.12. The minimum atomic E-state index is -0.663. The average Bonchev–Trinajstić information content (AvgIpc) is 2.68. The van der Waals surface area contributed by atoms with Crippen molar-refractivity contribution in [2.45, 2.75) is 25.3 Å². The van der Waals surface area contributed by atoms with Crippen molar-refractivity contribution in [3.63, 3.8) is 0 Å². The lowest BCUT2D eigenvalue weighted by Crippen LogP contribution is -2.47.